The second-order valence-electron chi connectivity index (χ2n) is 8.96. The number of guanidine groups is 1. The van der Waals surface area contributed by atoms with Crippen LogP contribution in [-0.4, -0.2) is 78.9 Å². The number of nitrogens with zero attached hydrogens (tertiary/aromatic N) is 4. The molecule has 0 aliphatic carbocycles. The van der Waals surface area contributed by atoms with E-state index >= 15 is 0 Å². The molecule has 1 aliphatic heterocycles. The van der Waals surface area contributed by atoms with Gasteiger partial charge in [-0.3, -0.25) is 9.98 Å². The van der Waals surface area contributed by atoms with Crippen molar-refractivity contribution >= 4 is 12.1 Å². The molecule has 1 fully saturated rings. The molecule has 0 aromatic carbocycles. The maximum atomic E-state index is 12.7. The molecule has 0 saturated carbocycles. The zero-order valence-electron chi connectivity index (χ0n) is 19.8. The van der Waals surface area contributed by atoms with Crippen LogP contribution in [-0.2, 0) is 16.0 Å². The Hall–Kier alpha value is -2.35. The number of carbonyl (C=O) groups excluding carboxylic acids is 1. The Kier molecular flexibility index (Phi) is 10.0. The Morgan fingerprint density at radius 2 is 2.23 bits per heavy atom. The van der Waals surface area contributed by atoms with Gasteiger partial charge >= 0.3 is 6.09 Å². The lowest BCUT2D eigenvalue weighted by atomic mass is 10.1. The number of hydrogen-bond donors (Lipinski definition) is 1. The average Bonchev–Trinajstić information content (AvgIpc) is 3.21. The molecular formula is C23H39N5O3. The number of aromatic nitrogens is 1. The van der Waals surface area contributed by atoms with E-state index in [-0.39, 0.29) is 6.09 Å². The molecule has 0 spiro atoms. The van der Waals surface area contributed by atoms with Gasteiger partial charge in [0.2, 0.25) is 0 Å². The van der Waals surface area contributed by atoms with Crippen molar-refractivity contribution in [3.05, 3.63) is 30.1 Å². The summed E-state index contributed by atoms with van der Waals surface area (Å²) in [6.45, 7) is 12.8. The van der Waals surface area contributed by atoms with Crippen LogP contribution in [0.4, 0.5) is 4.79 Å². The van der Waals surface area contributed by atoms with E-state index in [1.807, 2.05) is 32.9 Å². The first-order chi connectivity index (χ1) is 14.8. The number of amides is 1. The lowest BCUT2D eigenvalue weighted by Gasteiger charge is -2.27. The van der Waals surface area contributed by atoms with Crippen LogP contribution in [0.1, 0.15) is 46.1 Å². The van der Waals surface area contributed by atoms with Crippen LogP contribution in [0.5, 0.6) is 0 Å². The number of rotatable bonds is 9. The molecule has 2 rings (SSSR count). The maximum Gasteiger partial charge on any atom is 0.410 e. The monoisotopic (exact) mass is 433 g/mol. The van der Waals surface area contributed by atoms with E-state index in [4.69, 9.17) is 14.5 Å². The summed E-state index contributed by atoms with van der Waals surface area (Å²) in [5.41, 5.74) is 0.441. The fourth-order valence-electron chi connectivity index (χ4n) is 3.39. The van der Waals surface area contributed by atoms with Crippen LogP contribution in [0.25, 0.3) is 0 Å². The van der Waals surface area contributed by atoms with Crippen molar-refractivity contribution in [2.75, 3.05) is 46.4 Å². The Morgan fingerprint density at radius 1 is 1.42 bits per heavy atom. The lowest BCUT2D eigenvalue weighted by molar-refractivity contribution is 0.0232. The van der Waals surface area contributed by atoms with E-state index in [1.54, 1.807) is 17.3 Å². The van der Waals surface area contributed by atoms with Gasteiger partial charge < -0.3 is 24.6 Å². The molecule has 1 aliphatic rings. The van der Waals surface area contributed by atoms with Gasteiger partial charge in [0.1, 0.15) is 5.60 Å². The normalized spacial score (nSPS) is 16.8. The van der Waals surface area contributed by atoms with Gasteiger partial charge in [-0.15, -0.1) is 0 Å². The molecule has 1 aromatic rings. The van der Waals surface area contributed by atoms with E-state index in [0.29, 0.717) is 25.6 Å². The van der Waals surface area contributed by atoms with Gasteiger partial charge in [0.15, 0.2) is 5.96 Å². The number of ether oxygens (including phenoxy) is 2. The molecule has 0 bridgehead atoms. The quantitative estimate of drug-likeness (QED) is 0.366. The predicted molar refractivity (Wildman–Crippen MR) is 123 cm³/mol. The molecule has 1 unspecified atom stereocenters. The number of carbonyl (C=O) groups is 1. The first-order valence-corrected chi connectivity index (χ1v) is 11.2. The van der Waals surface area contributed by atoms with Crippen LogP contribution in [0.2, 0.25) is 0 Å². The minimum Gasteiger partial charge on any atom is -0.444 e. The van der Waals surface area contributed by atoms with Crippen molar-refractivity contribution in [3.8, 4) is 0 Å². The van der Waals surface area contributed by atoms with Gasteiger partial charge in [0, 0.05) is 58.1 Å². The lowest BCUT2D eigenvalue weighted by Crippen LogP contribution is -2.41. The van der Waals surface area contributed by atoms with Gasteiger partial charge in [-0.05, 0) is 52.2 Å². The molecule has 174 valence electrons. The van der Waals surface area contributed by atoms with E-state index < -0.39 is 5.60 Å². The van der Waals surface area contributed by atoms with Gasteiger partial charge in [-0.25, -0.2) is 4.79 Å². The van der Waals surface area contributed by atoms with E-state index in [9.17, 15) is 4.79 Å². The smallest absolute Gasteiger partial charge is 0.410 e. The molecule has 1 aromatic heterocycles. The summed E-state index contributed by atoms with van der Waals surface area (Å²) in [7, 11) is 2.06. The van der Waals surface area contributed by atoms with E-state index in [2.05, 4.69) is 29.2 Å². The van der Waals surface area contributed by atoms with Crippen molar-refractivity contribution in [2.45, 2.75) is 52.7 Å². The Morgan fingerprint density at radius 3 is 2.84 bits per heavy atom. The highest BCUT2D eigenvalue weighted by Crippen LogP contribution is 2.14. The number of hydrogen-bond acceptors (Lipinski definition) is 5. The van der Waals surface area contributed by atoms with Gasteiger partial charge in [-0.2, -0.15) is 0 Å². The molecule has 8 heteroatoms. The summed E-state index contributed by atoms with van der Waals surface area (Å²) in [6, 6.07) is 3.84. The van der Waals surface area contributed by atoms with Crippen LogP contribution in [0.15, 0.2) is 29.5 Å². The Balaban J connectivity index is 1.93. The summed E-state index contributed by atoms with van der Waals surface area (Å²) >= 11 is 0. The van der Waals surface area contributed by atoms with Crippen molar-refractivity contribution in [1.29, 1.82) is 0 Å². The van der Waals surface area contributed by atoms with Crippen LogP contribution < -0.4 is 5.32 Å². The Bertz CT molecular complexity index is 684. The largest absolute Gasteiger partial charge is 0.444 e. The first-order valence-electron chi connectivity index (χ1n) is 11.2. The molecule has 1 N–H and O–H groups in total. The minimum absolute atomic E-state index is 0.314. The third-order valence-electron chi connectivity index (χ3n) is 4.85. The van der Waals surface area contributed by atoms with Crippen LogP contribution in [0.3, 0.4) is 0 Å². The molecule has 31 heavy (non-hydrogen) atoms. The summed E-state index contributed by atoms with van der Waals surface area (Å²) in [6.07, 6.45) is 5.04. The zero-order valence-corrected chi connectivity index (χ0v) is 19.8. The molecule has 1 atom stereocenters. The van der Waals surface area contributed by atoms with Gasteiger partial charge in [-0.1, -0.05) is 6.07 Å². The third-order valence-corrected chi connectivity index (χ3v) is 4.85. The van der Waals surface area contributed by atoms with Crippen molar-refractivity contribution in [3.63, 3.8) is 0 Å². The molecule has 1 saturated heterocycles. The molecular weight excluding hydrogens is 394 g/mol. The predicted octanol–water partition coefficient (Wildman–Crippen LogP) is 3.14. The second-order valence-corrected chi connectivity index (χ2v) is 8.96. The molecule has 8 nitrogen and oxygen atoms in total. The van der Waals surface area contributed by atoms with Crippen molar-refractivity contribution in [2.24, 2.45) is 10.9 Å². The second kappa shape index (κ2) is 12.5. The van der Waals surface area contributed by atoms with Crippen molar-refractivity contribution in [1.82, 2.24) is 20.1 Å². The number of aliphatic imine (C=N–C) groups is 1. The summed E-state index contributed by atoms with van der Waals surface area (Å²) in [4.78, 5) is 25.5. The Labute approximate surface area is 187 Å². The number of pyridine rings is 1. The summed E-state index contributed by atoms with van der Waals surface area (Å²) < 4.78 is 11.1. The van der Waals surface area contributed by atoms with E-state index in [1.165, 1.54) is 0 Å². The van der Waals surface area contributed by atoms with Gasteiger partial charge in [0.05, 0.1) is 13.2 Å². The highest BCUT2D eigenvalue weighted by Gasteiger charge is 2.22. The average molecular weight is 434 g/mol. The molecule has 2 heterocycles. The summed E-state index contributed by atoms with van der Waals surface area (Å²) in [5.74, 6) is 1.45. The highest BCUT2D eigenvalue weighted by molar-refractivity contribution is 5.79. The van der Waals surface area contributed by atoms with Gasteiger partial charge in [0.25, 0.3) is 0 Å². The SMILES string of the molecule is CCNC(=NCCCN(Cc1cccnc1)C(=O)OC(C)(C)C)N(C)CC1CCOC1. The van der Waals surface area contributed by atoms with Crippen LogP contribution >= 0.6 is 0 Å². The fraction of sp³-hybridized carbons (Fsp3) is 0.696. The van der Waals surface area contributed by atoms with Crippen LogP contribution in [0, 0.1) is 5.92 Å². The standard InChI is InChI=1S/C23H39N5O3/c1-6-25-21(27(5)16-20-10-14-30-18-20)26-12-8-13-28(22(29)31-23(2,3)4)17-19-9-7-11-24-15-19/h7,9,11,15,20H,6,8,10,12-14,16-18H2,1-5H3,(H,25,26). The highest BCUT2D eigenvalue weighted by atomic mass is 16.6. The summed E-state index contributed by atoms with van der Waals surface area (Å²) in [5, 5.41) is 3.36. The minimum atomic E-state index is -0.534. The zero-order chi connectivity index (χ0) is 22.7. The van der Waals surface area contributed by atoms with Crippen molar-refractivity contribution < 1.29 is 14.3 Å². The third kappa shape index (κ3) is 9.55. The number of nitrogens with one attached hydrogen (secondary N) is 1. The molecule has 0 radical (unpaired) electrons. The fourth-order valence-corrected chi connectivity index (χ4v) is 3.39. The maximum absolute atomic E-state index is 12.7. The first kappa shape index (κ1) is 24.9. The molecule has 1 amide bonds. The topological polar surface area (TPSA) is 79.3 Å². The van der Waals surface area contributed by atoms with E-state index in [0.717, 1.165) is 50.7 Å².